The molecule has 2 nitrogen and oxygen atoms in total. The Hall–Kier alpha value is -0.0800. The Kier molecular flexibility index (Phi) is 2.37. The molecule has 0 aliphatic carbocycles. The standard InChI is InChI=1S/C10H18O2/c1-7(2)5-8-6-12-10-9(8)3-4-11-10/h7-10H,3-6H2,1-2H3. The van der Waals surface area contributed by atoms with E-state index < -0.39 is 0 Å². The van der Waals surface area contributed by atoms with Gasteiger partial charge in [-0.3, -0.25) is 0 Å². The molecule has 0 saturated carbocycles. The number of hydrogen-bond acceptors (Lipinski definition) is 2. The molecule has 2 saturated heterocycles. The minimum absolute atomic E-state index is 0.147. The maximum Gasteiger partial charge on any atom is 0.160 e. The zero-order valence-corrected chi connectivity index (χ0v) is 7.95. The lowest BCUT2D eigenvalue weighted by molar-refractivity contribution is -0.0905. The summed E-state index contributed by atoms with van der Waals surface area (Å²) >= 11 is 0. The number of hydrogen-bond donors (Lipinski definition) is 0. The van der Waals surface area contributed by atoms with Gasteiger partial charge in [-0.25, -0.2) is 0 Å². The van der Waals surface area contributed by atoms with Crippen LogP contribution in [-0.2, 0) is 9.47 Å². The molecule has 2 heterocycles. The van der Waals surface area contributed by atoms with Crippen molar-refractivity contribution in [3.8, 4) is 0 Å². The van der Waals surface area contributed by atoms with E-state index in [0.717, 1.165) is 25.0 Å². The van der Waals surface area contributed by atoms with Gasteiger partial charge >= 0.3 is 0 Å². The SMILES string of the molecule is CC(C)CC1COC2OCCC12. The Bertz CT molecular complexity index is 156. The van der Waals surface area contributed by atoms with Gasteiger partial charge < -0.3 is 9.47 Å². The highest BCUT2D eigenvalue weighted by atomic mass is 16.7. The quantitative estimate of drug-likeness (QED) is 0.631. The van der Waals surface area contributed by atoms with Crippen molar-refractivity contribution >= 4 is 0 Å². The minimum Gasteiger partial charge on any atom is -0.352 e. The highest BCUT2D eigenvalue weighted by Gasteiger charge is 2.41. The molecule has 0 aromatic heterocycles. The van der Waals surface area contributed by atoms with E-state index in [1.54, 1.807) is 0 Å². The van der Waals surface area contributed by atoms with Crippen LogP contribution in [0.15, 0.2) is 0 Å². The van der Waals surface area contributed by atoms with Gasteiger partial charge in [0.15, 0.2) is 6.29 Å². The molecule has 12 heavy (non-hydrogen) atoms. The molecule has 0 N–H and O–H groups in total. The monoisotopic (exact) mass is 170 g/mol. The van der Waals surface area contributed by atoms with E-state index in [1.165, 1.54) is 12.8 Å². The summed E-state index contributed by atoms with van der Waals surface area (Å²) in [6.07, 6.45) is 2.65. The second kappa shape index (κ2) is 3.35. The highest BCUT2D eigenvalue weighted by molar-refractivity contribution is 4.83. The molecule has 0 aromatic carbocycles. The fourth-order valence-electron chi connectivity index (χ4n) is 2.40. The van der Waals surface area contributed by atoms with Crippen molar-refractivity contribution in [2.24, 2.45) is 17.8 Å². The molecule has 2 rings (SSSR count). The third-order valence-corrected chi connectivity index (χ3v) is 2.94. The maximum absolute atomic E-state index is 5.57. The second-order valence-corrected chi connectivity index (χ2v) is 4.41. The molecule has 2 aliphatic rings. The van der Waals surface area contributed by atoms with Gasteiger partial charge in [-0.15, -0.1) is 0 Å². The van der Waals surface area contributed by atoms with Crippen LogP contribution in [0.4, 0.5) is 0 Å². The molecular formula is C10H18O2. The largest absolute Gasteiger partial charge is 0.352 e. The molecule has 3 atom stereocenters. The predicted molar refractivity (Wildman–Crippen MR) is 46.7 cm³/mol. The molecule has 2 fully saturated rings. The average Bonchev–Trinajstić information content (AvgIpc) is 2.52. The van der Waals surface area contributed by atoms with Gasteiger partial charge in [0.1, 0.15) is 0 Å². The van der Waals surface area contributed by atoms with Crippen molar-refractivity contribution in [1.29, 1.82) is 0 Å². The van der Waals surface area contributed by atoms with Crippen LogP contribution in [0, 0.1) is 17.8 Å². The fourth-order valence-corrected chi connectivity index (χ4v) is 2.40. The summed E-state index contributed by atoms with van der Waals surface area (Å²) in [4.78, 5) is 0. The van der Waals surface area contributed by atoms with E-state index >= 15 is 0 Å². The summed E-state index contributed by atoms with van der Waals surface area (Å²) in [5.41, 5.74) is 0. The van der Waals surface area contributed by atoms with Gasteiger partial charge in [0.2, 0.25) is 0 Å². The maximum atomic E-state index is 5.57. The van der Waals surface area contributed by atoms with Crippen LogP contribution in [0.5, 0.6) is 0 Å². The summed E-state index contributed by atoms with van der Waals surface area (Å²) < 4.78 is 11.0. The lowest BCUT2D eigenvalue weighted by Gasteiger charge is -2.16. The Morgan fingerprint density at radius 2 is 2.17 bits per heavy atom. The van der Waals surface area contributed by atoms with Crippen molar-refractivity contribution in [3.63, 3.8) is 0 Å². The molecule has 0 aromatic rings. The van der Waals surface area contributed by atoms with E-state index in [2.05, 4.69) is 13.8 Å². The van der Waals surface area contributed by atoms with Crippen LogP contribution >= 0.6 is 0 Å². The Balaban J connectivity index is 1.91. The summed E-state index contributed by atoms with van der Waals surface area (Å²) in [5, 5.41) is 0. The molecule has 3 unspecified atom stereocenters. The second-order valence-electron chi connectivity index (χ2n) is 4.41. The fraction of sp³-hybridized carbons (Fsp3) is 1.00. The van der Waals surface area contributed by atoms with Crippen molar-refractivity contribution in [2.45, 2.75) is 33.0 Å². The highest BCUT2D eigenvalue weighted by Crippen LogP contribution is 2.38. The molecule has 0 radical (unpaired) electrons. The first kappa shape index (κ1) is 8.52. The van der Waals surface area contributed by atoms with E-state index in [9.17, 15) is 0 Å². The van der Waals surface area contributed by atoms with E-state index in [-0.39, 0.29) is 6.29 Å². The molecule has 2 aliphatic heterocycles. The Morgan fingerprint density at radius 1 is 1.33 bits per heavy atom. The zero-order chi connectivity index (χ0) is 8.55. The van der Waals surface area contributed by atoms with E-state index in [4.69, 9.17) is 9.47 Å². The summed E-state index contributed by atoms with van der Waals surface area (Å²) in [7, 11) is 0. The molecule has 0 amide bonds. The van der Waals surface area contributed by atoms with E-state index in [1.807, 2.05) is 0 Å². The number of fused-ring (bicyclic) bond motifs is 1. The normalized spacial score (nSPS) is 40.8. The molecule has 0 bridgehead atoms. The first-order valence-corrected chi connectivity index (χ1v) is 5.00. The van der Waals surface area contributed by atoms with Gasteiger partial charge in [0.05, 0.1) is 13.2 Å². The summed E-state index contributed by atoms with van der Waals surface area (Å²) in [5.74, 6) is 2.25. The summed E-state index contributed by atoms with van der Waals surface area (Å²) in [6, 6.07) is 0. The van der Waals surface area contributed by atoms with Gasteiger partial charge in [-0.1, -0.05) is 13.8 Å². The van der Waals surface area contributed by atoms with E-state index in [0.29, 0.717) is 5.92 Å². The number of rotatable bonds is 2. The average molecular weight is 170 g/mol. The first-order chi connectivity index (χ1) is 5.77. The Morgan fingerprint density at radius 3 is 2.92 bits per heavy atom. The van der Waals surface area contributed by atoms with Gasteiger partial charge in [0, 0.05) is 5.92 Å². The van der Waals surface area contributed by atoms with Crippen LogP contribution in [-0.4, -0.2) is 19.5 Å². The lowest BCUT2D eigenvalue weighted by atomic mass is 9.87. The van der Waals surface area contributed by atoms with Crippen LogP contribution in [0.25, 0.3) is 0 Å². The zero-order valence-electron chi connectivity index (χ0n) is 7.95. The van der Waals surface area contributed by atoms with Crippen molar-refractivity contribution in [1.82, 2.24) is 0 Å². The first-order valence-electron chi connectivity index (χ1n) is 5.00. The minimum atomic E-state index is 0.147. The van der Waals surface area contributed by atoms with Gasteiger partial charge in [0.25, 0.3) is 0 Å². The lowest BCUT2D eigenvalue weighted by Crippen LogP contribution is -2.16. The molecule has 0 spiro atoms. The van der Waals surface area contributed by atoms with Crippen molar-refractivity contribution in [3.05, 3.63) is 0 Å². The third kappa shape index (κ3) is 1.50. The molecule has 2 heteroatoms. The smallest absolute Gasteiger partial charge is 0.160 e. The van der Waals surface area contributed by atoms with Gasteiger partial charge in [-0.2, -0.15) is 0 Å². The summed E-state index contributed by atoms with van der Waals surface area (Å²) in [6.45, 7) is 6.39. The van der Waals surface area contributed by atoms with Gasteiger partial charge in [-0.05, 0) is 24.7 Å². The molecular weight excluding hydrogens is 152 g/mol. The number of ether oxygens (including phenoxy) is 2. The van der Waals surface area contributed by atoms with Crippen molar-refractivity contribution in [2.75, 3.05) is 13.2 Å². The third-order valence-electron chi connectivity index (χ3n) is 2.94. The van der Waals surface area contributed by atoms with Crippen LogP contribution in [0.2, 0.25) is 0 Å². The van der Waals surface area contributed by atoms with Crippen molar-refractivity contribution < 1.29 is 9.47 Å². The topological polar surface area (TPSA) is 18.5 Å². The van der Waals surface area contributed by atoms with Crippen LogP contribution < -0.4 is 0 Å². The van der Waals surface area contributed by atoms with Crippen LogP contribution in [0.1, 0.15) is 26.7 Å². The Labute approximate surface area is 74.2 Å². The predicted octanol–water partition coefficient (Wildman–Crippen LogP) is 2.04. The molecule has 70 valence electrons. The van der Waals surface area contributed by atoms with Crippen LogP contribution in [0.3, 0.4) is 0 Å².